The number of pyridine rings is 1. The molecule has 1 aromatic carbocycles. The van der Waals surface area contributed by atoms with E-state index in [0.29, 0.717) is 13.1 Å². The largest absolute Gasteiger partial charge is 0.357 e. The summed E-state index contributed by atoms with van der Waals surface area (Å²) >= 11 is 0. The molecule has 0 fully saturated rings. The van der Waals surface area contributed by atoms with Crippen LogP contribution in [-0.4, -0.2) is 23.6 Å². The van der Waals surface area contributed by atoms with Gasteiger partial charge >= 0.3 is 0 Å². The molecule has 0 bridgehead atoms. The molecule has 0 aliphatic rings. The first-order chi connectivity index (χ1) is 12.7. The zero-order valence-electron chi connectivity index (χ0n) is 15.9. The van der Waals surface area contributed by atoms with Crippen molar-refractivity contribution >= 4 is 5.96 Å². The zero-order valence-corrected chi connectivity index (χ0v) is 15.9. The van der Waals surface area contributed by atoms with E-state index in [1.54, 1.807) is 16.7 Å². The van der Waals surface area contributed by atoms with E-state index in [4.69, 9.17) is 0 Å². The normalized spacial score (nSPS) is 11.4. The molecule has 2 rings (SSSR count). The summed E-state index contributed by atoms with van der Waals surface area (Å²) in [6.45, 7) is 7.30. The fourth-order valence-electron chi connectivity index (χ4n) is 2.63. The molecular weight excluding hydrogens is 324 g/mol. The van der Waals surface area contributed by atoms with Crippen molar-refractivity contribution in [1.29, 1.82) is 0 Å². The van der Waals surface area contributed by atoms with Gasteiger partial charge in [0.05, 0.1) is 13.1 Å². The molecule has 5 nitrogen and oxygen atoms in total. The Labute approximate surface area is 156 Å². The molecule has 1 aromatic heterocycles. The standard InChI is InChI=1S/C21H30N4O/c1-3-5-7-14-23-21(22-4-2)24-16-18-10-12-19(13-11-18)17-25-15-8-6-9-20(25)26/h6,8-13,15H,3-5,7,14,16-17H2,1-2H3,(H2,22,23,24). The maximum absolute atomic E-state index is 11.8. The molecule has 26 heavy (non-hydrogen) atoms. The minimum Gasteiger partial charge on any atom is -0.357 e. The first kappa shape index (κ1) is 19.8. The van der Waals surface area contributed by atoms with Crippen LogP contribution in [0.2, 0.25) is 0 Å². The van der Waals surface area contributed by atoms with Gasteiger partial charge in [-0.3, -0.25) is 4.79 Å². The van der Waals surface area contributed by atoms with Gasteiger partial charge in [0.2, 0.25) is 0 Å². The van der Waals surface area contributed by atoms with Gasteiger partial charge in [-0.05, 0) is 30.5 Å². The van der Waals surface area contributed by atoms with E-state index in [0.717, 1.165) is 36.6 Å². The van der Waals surface area contributed by atoms with Crippen LogP contribution < -0.4 is 16.2 Å². The molecule has 0 saturated heterocycles. The maximum Gasteiger partial charge on any atom is 0.250 e. The van der Waals surface area contributed by atoms with Gasteiger partial charge in [0.15, 0.2) is 5.96 Å². The van der Waals surface area contributed by atoms with Gasteiger partial charge < -0.3 is 15.2 Å². The monoisotopic (exact) mass is 354 g/mol. The Morgan fingerprint density at radius 3 is 2.46 bits per heavy atom. The Morgan fingerprint density at radius 2 is 1.77 bits per heavy atom. The molecule has 0 amide bonds. The van der Waals surface area contributed by atoms with Crippen LogP contribution >= 0.6 is 0 Å². The molecule has 0 aliphatic carbocycles. The second-order valence-electron chi connectivity index (χ2n) is 6.31. The third kappa shape index (κ3) is 6.75. The highest BCUT2D eigenvalue weighted by Crippen LogP contribution is 2.07. The number of unbranched alkanes of at least 4 members (excludes halogenated alkanes) is 2. The van der Waals surface area contributed by atoms with Crippen molar-refractivity contribution in [1.82, 2.24) is 15.2 Å². The highest BCUT2D eigenvalue weighted by atomic mass is 16.1. The Bertz CT molecular complexity index is 734. The van der Waals surface area contributed by atoms with E-state index in [1.807, 2.05) is 12.3 Å². The Morgan fingerprint density at radius 1 is 1.00 bits per heavy atom. The second-order valence-corrected chi connectivity index (χ2v) is 6.31. The summed E-state index contributed by atoms with van der Waals surface area (Å²) in [5.74, 6) is 0.864. The highest BCUT2D eigenvalue weighted by Gasteiger charge is 2.00. The number of benzene rings is 1. The number of hydrogen-bond acceptors (Lipinski definition) is 2. The van der Waals surface area contributed by atoms with Crippen LogP contribution in [0.3, 0.4) is 0 Å². The third-order valence-corrected chi connectivity index (χ3v) is 4.11. The van der Waals surface area contributed by atoms with Crippen molar-refractivity contribution in [2.75, 3.05) is 13.1 Å². The van der Waals surface area contributed by atoms with Gasteiger partial charge in [0, 0.05) is 25.4 Å². The SMILES string of the molecule is CCCCCNC(=NCc1ccc(Cn2ccccc2=O)cc1)NCC. The molecule has 0 atom stereocenters. The average molecular weight is 354 g/mol. The molecule has 0 unspecified atom stereocenters. The van der Waals surface area contributed by atoms with Gasteiger partial charge in [-0.2, -0.15) is 0 Å². The number of guanidine groups is 1. The lowest BCUT2D eigenvalue weighted by Crippen LogP contribution is -2.37. The molecule has 5 heteroatoms. The second kappa shape index (κ2) is 11.1. The maximum atomic E-state index is 11.8. The van der Waals surface area contributed by atoms with E-state index in [9.17, 15) is 4.79 Å². The van der Waals surface area contributed by atoms with E-state index >= 15 is 0 Å². The van der Waals surface area contributed by atoms with Crippen molar-refractivity contribution in [2.45, 2.75) is 46.2 Å². The number of aliphatic imine (C=N–C) groups is 1. The molecule has 140 valence electrons. The molecule has 0 spiro atoms. The summed E-state index contributed by atoms with van der Waals surface area (Å²) < 4.78 is 1.71. The molecule has 1 heterocycles. The zero-order chi connectivity index (χ0) is 18.6. The van der Waals surface area contributed by atoms with E-state index in [-0.39, 0.29) is 5.56 Å². The molecule has 0 aliphatic heterocycles. The van der Waals surface area contributed by atoms with Crippen LogP contribution in [0.25, 0.3) is 0 Å². The van der Waals surface area contributed by atoms with E-state index in [1.165, 1.54) is 12.8 Å². The van der Waals surface area contributed by atoms with Crippen LogP contribution in [0.5, 0.6) is 0 Å². The Hall–Kier alpha value is -2.56. The molecule has 2 aromatic rings. The smallest absolute Gasteiger partial charge is 0.250 e. The van der Waals surface area contributed by atoms with Gasteiger partial charge in [0.1, 0.15) is 0 Å². The lowest BCUT2D eigenvalue weighted by atomic mass is 10.1. The number of rotatable bonds is 9. The number of nitrogens with one attached hydrogen (secondary N) is 2. The lowest BCUT2D eigenvalue weighted by molar-refractivity contribution is 0.683. The number of aromatic nitrogens is 1. The van der Waals surface area contributed by atoms with E-state index < -0.39 is 0 Å². The van der Waals surface area contributed by atoms with Crippen LogP contribution in [0, 0.1) is 0 Å². The van der Waals surface area contributed by atoms with Crippen molar-refractivity contribution < 1.29 is 0 Å². The van der Waals surface area contributed by atoms with Crippen molar-refractivity contribution in [2.24, 2.45) is 4.99 Å². The van der Waals surface area contributed by atoms with Gasteiger partial charge in [-0.15, -0.1) is 0 Å². The summed E-state index contributed by atoms with van der Waals surface area (Å²) in [5.41, 5.74) is 2.28. The lowest BCUT2D eigenvalue weighted by Gasteiger charge is -2.11. The molecule has 2 N–H and O–H groups in total. The first-order valence-electron chi connectivity index (χ1n) is 9.48. The summed E-state index contributed by atoms with van der Waals surface area (Å²) in [6, 6.07) is 13.5. The van der Waals surface area contributed by atoms with Crippen LogP contribution in [0.15, 0.2) is 58.4 Å². The predicted octanol–water partition coefficient (Wildman–Crippen LogP) is 3.14. The van der Waals surface area contributed by atoms with Gasteiger partial charge in [0.25, 0.3) is 5.56 Å². The molecule has 0 saturated carbocycles. The van der Waals surface area contributed by atoms with Gasteiger partial charge in [-0.25, -0.2) is 4.99 Å². The third-order valence-electron chi connectivity index (χ3n) is 4.11. The van der Waals surface area contributed by atoms with Crippen molar-refractivity contribution in [3.63, 3.8) is 0 Å². The Kier molecular flexibility index (Phi) is 8.46. The van der Waals surface area contributed by atoms with Crippen LogP contribution in [-0.2, 0) is 13.1 Å². The number of nitrogens with zero attached hydrogens (tertiary/aromatic N) is 2. The van der Waals surface area contributed by atoms with Crippen molar-refractivity contribution in [3.05, 3.63) is 70.1 Å². The minimum absolute atomic E-state index is 0.0191. The summed E-state index contributed by atoms with van der Waals surface area (Å²) in [5, 5.41) is 6.66. The first-order valence-corrected chi connectivity index (χ1v) is 9.48. The predicted molar refractivity (Wildman–Crippen MR) is 109 cm³/mol. The summed E-state index contributed by atoms with van der Waals surface area (Å²) in [6.07, 6.45) is 5.43. The van der Waals surface area contributed by atoms with Crippen LogP contribution in [0.1, 0.15) is 44.2 Å². The summed E-state index contributed by atoms with van der Waals surface area (Å²) in [7, 11) is 0. The Balaban J connectivity index is 1.92. The quantitative estimate of drug-likeness (QED) is 0.413. The summed E-state index contributed by atoms with van der Waals surface area (Å²) in [4.78, 5) is 16.4. The average Bonchev–Trinajstić information content (AvgIpc) is 2.66. The molecule has 0 radical (unpaired) electrons. The van der Waals surface area contributed by atoms with Gasteiger partial charge in [-0.1, -0.05) is 50.1 Å². The highest BCUT2D eigenvalue weighted by molar-refractivity contribution is 5.79. The molecular formula is C21H30N4O. The topological polar surface area (TPSA) is 58.4 Å². The van der Waals surface area contributed by atoms with Crippen LogP contribution in [0.4, 0.5) is 0 Å². The fraction of sp³-hybridized carbons (Fsp3) is 0.429. The van der Waals surface area contributed by atoms with Crippen molar-refractivity contribution in [3.8, 4) is 0 Å². The number of hydrogen-bond donors (Lipinski definition) is 2. The van der Waals surface area contributed by atoms with E-state index in [2.05, 4.69) is 53.7 Å². The fourth-order valence-corrected chi connectivity index (χ4v) is 2.63. The minimum atomic E-state index is 0.0191.